The van der Waals surface area contributed by atoms with Gasteiger partial charge < -0.3 is 26.4 Å². The number of nitrogens with two attached hydrogens (primary N) is 1. The van der Waals surface area contributed by atoms with Crippen LogP contribution in [-0.2, 0) is 0 Å². The van der Waals surface area contributed by atoms with Crippen molar-refractivity contribution in [3.8, 4) is 5.75 Å². The summed E-state index contributed by atoms with van der Waals surface area (Å²) in [6, 6.07) is 10.0. The smallest absolute Gasteiger partial charge is 0.323 e. The maximum absolute atomic E-state index is 12.4. The average molecular weight is 414 g/mol. The molecule has 0 saturated heterocycles. The van der Waals surface area contributed by atoms with E-state index in [0.717, 1.165) is 15.2 Å². The summed E-state index contributed by atoms with van der Waals surface area (Å²) in [7, 11) is 1.49. The molecule has 152 valence electrons. The molecule has 9 heteroatoms. The molecule has 0 aliphatic rings. The molecule has 2 aromatic carbocycles. The van der Waals surface area contributed by atoms with Crippen molar-refractivity contribution in [3.63, 3.8) is 0 Å². The highest BCUT2D eigenvalue weighted by Crippen LogP contribution is 2.25. The minimum atomic E-state index is -0.412. The molecule has 29 heavy (non-hydrogen) atoms. The number of amides is 3. The molecule has 0 fully saturated rings. The van der Waals surface area contributed by atoms with Gasteiger partial charge in [-0.15, -0.1) is 11.3 Å². The third-order valence-corrected chi connectivity index (χ3v) is 5.06. The zero-order chi connectivity index (χ0) is 20.8. The van der Waals surface area contributed by atoms with Crippen molar-refractivity contribution in [2.45, 2.75) is 13.3 Å². The lowest BCUT2D eigenvalue weighted by Crippen LogP contribution is -2.26. The fourth-order valence-corrected chi connectivity index (χ4v) is 3.64. The molecule has 0 unspecified atom stereocenters. The Morgan fingerprint density at radius 2 is 1.86 bits per heavy atom. The van der Waals surface area contributed by atoms with Gasteiger partial charge in [0, 0.05) is 17.9 Å². The van der Waals surface area contributed by atoms with E-state index in [9.17, 15) is 9.59 Å². The number of nitrogens with zero attached hydrogens (tertiary/aromatic N) is 1. The lowest BCUT2D eigenvalue weighted by molar-refractivity contribution is 0.0950. The Balaban J connectivity index is 1.70. The molecule has 3 rings (SSSR count). The van der Waals surface area contributed by atoms with Crippen molar-refractivity contribution < 1.29 is 14.3 Å². The zero-order valence-corrected chi connectivity index (χ0v) is 17.1. The Labute approximate surface area is 172 Å². The molecule has 8 nitrogen and oxygen atoms in total. The van der Waals surface area contributed by atoms with E-state index in [-0.39, 0.29) is 5.91 Å². The Bertz CT molecular complexity index is 1030. The fraction of sp³-hybridized carbons (Fsp3) is 0.250. The molecule has 0 atom stereocenters. The number of thiazole rings is 1. The van der Waals surface area contributed by atoms with Crippen LogP contribution in [0.5, 0.6) is 5.75 Å². The molecule has 3 amide bonds. The molecule has 1 heterocycles. The van der Waals surface area contributed by atoms with Crippen LogP contribution >= 0.6 is 11.3 Å². The van der Waals surface area contributed by atoms with Crippen LogP contribution in [0.4, 0.5) is 16.2 Å². The minimum absolute atomic E-state index is 0.287. The van der Waals surface area contributed by atoms with Gasteiger partial charge in [-0.2, -0.15) is 0 Å². The number of ether oxygens (including phenoxy) is 1. The fourth-order valence-electron chi connectivity index (χ4n) is 2.77. The average Bonchev–Trinajstić information content (AvgIpc) is 3.07. The van der Waals surface area contributed by atoms with Crippen LogP contribution in [0.15, 0.2) is 36.4 Å². The Kier molecular flexibility index (Phi) is 6.63. The number of hydrogen-bond donors (Lipinski definition) is 4. The summed E-state index contributed by atoms with van der Waals surface area (Å²) in [6.45, 7) is 2.90. The maximum Gasteiger partial charge on any atom is 0.323 e. The van der Waals surface area contributed by atoms with Crippen LogP contribution in [0.1, 0.15) is 21.8 Å². The number of fused-ring (bicyclic) bond motifs is 1. The minimum Gasteiger partial charge on any atom is -0.496 e. The predicted molar refractivity (Wildman–Crippen MR) is 116 cm³/mol. The van der Waals surface area contributed by atoms with Gasteiger partial charge >= 0.3 is 6.03 Å². The van der Waals surface area contributed by atoms with Gasteiger partial charge in [-0.1, -0.05) is 0 Å². The molecule has 3 aromatic rings. The van der Waals surface area contributed by atoms with Gasteiger partial charge in [-0.05, 0) is 56.3 Å². The van der Waals surface area contributed by atoms with Crippen LogP contribution in [0.25, 0.3) is 10.2 Å². The van der Waals surface area contributed by atoms with E-state index in [4.69, 9.17) is 10.5 Å². The van der Waals surface area contributed by atoms with Crippen molar-refractivity contribution in [1.82, 2.24) is 10.3 Å². The summed E-state index contributed by atoms with van der Waals surface area (Å²) < 4.78 is 6.25. The highest BCUT2D eigenvalue weighted by Gasteiger charge is 2.14. The van der Waals surface area contributed by atoms with E-state index in [1.165, 1.54) is 7.11 Å². The summed E-state index contributed by atoms with van der Waals surface area (Å²) >= 11 is 1.57. The number of aromatic nitrogens is 1. The standard InChI is InChI=1S/C20H23N5O3S/c1-12-23-16-6-4-14(11-18(16)29-12)25-20(27)24-13-5-7-17(28-2)15(10-13)19(26)22-9-3-8-21/h4-7,10-11H,3,8-9,21H2,1-2H3,(H,22,26)(H2,24,25,27). The van der Waals surface area contributed by atoms with Crippen LogP contribution in [0.2, 0.25) is 0 Å². The summed E-state index contributed by atoms with van der Waals surface area (Å²) in [5, 5.41) is 9.29. The highest BCUT2D eigenvalue weighted by molar-refractivity contribution is 7.18. The number of hydrogen-bond acceptors (Lipinski definition) is 6. The number of anilines is 2. The van der Waals surface area contributed by atoms with Crippen LogP contribution in [0, 0.1) is 6.92 Å². The largest absolute Gasteiger partial charge is 0.496 e. The SMILES string of the molecule is COc1ccc(NC(=O)Nc2ccc3nc(C)sc3c2)cc1C(=O)NCCCN. The van der Waals surface area contributed by atoms with Gasteiger partial charge in [0.05, 0.1) is 27.9 Å². The third-order valence-electron chi connectivity index (χ3n) is 4.12. The molecule has 0 saturated carbocycles. The maximum atomic E-state index is 12.4. The Morgan fingerprint density at radius 1 is 1.14 bits per heavy atom. The van der Waals surface area contributed by atoms with E-state index in [2.05, 4.69) is 20.9 Å². The lowest BCUT2D eigenvalue weighted by Gasteiger charge is -2.12. The van der Waals surface area contributed by atoms with Crippen LogP contribution in [-0.4, -0.2) is 37.1 Å². The van der Waals surface area contributed by atoms with Crippen molar-refractivity contribution >= 4 is 44.9 Å². The van der Waals surface area contributed by atoms with Crippen molar-refractivity contribution in [3.05, 3.63) is 47.0 Å². The quantitative estimate of drug-likeness (QED) is 0.443. The molecule has 0 spiro atoms. The third kappa shape index (κ3) is 5.21. The molecular formula is C20H23N5O3S. The number of nitrogens with one attached hydrogen (secondary N) is 3. The molecule has 0 radical (unpaired) electrons. The van der Waals surface area contributed by atoms with Crippen LogP contribution < -0.4 is 26.4 Å². The van der Waals surface area contributed by atoms with Gasteiger partial charge in [-0.25, -0.2) is 9.78 Å². The van der Waals surface area contributed by atoms with E-state index in [1.807, 2.05) is 19.1 Å². The first kappa shape index (κ1) is 20.6. The summed E-state index contributed by atoms with van der Waals surface area (Å²) in [6.07, 6.45) is 0.679. The second kappa shape index (κ2) is 9.35. The molecule has 5 N–H and O–H groups in total. The molecular weight excluding hydrogens is 390 g/mol. The number of aryl methyl sites for hydroxylation is 1. The number of rotatable bonds is 7. The second-order valence-electron chi connectivity index (χ2n) is 6.31. The van der Waals surface area contributed by atoms with Gasteiger partial charge in [0.1, 0.15) is 5.75 Å². The number of urea groups is 1. The molecule has 0 aliphatic heterocycles. The first-order chi connectivity index (χ1) is 14.0. The van der Waals surface area contributed by atoms with E-state index in [1.54, 1.807) is 35.6 Å². The molecule has 0 bridgehead atoms. The van der Waals surface area contributed by atoms with Gasteiger partial charge in [0.15, 0.2) is 0 Å². The topological polar surface area (TPSA) is 118 Å². The summed E-state index contributed by atoms with van der Waals surface area (Å²) in [4.78, 5) is 29.2. The van der Waals surface area contributed by atoms with Crippen molar-refractivity contribution in [1.29, 1.82) is 0 Å². The Morgan fingerprint density at radius 3 is 2.59 bits per heavy atom. The lowest BCUT2D eigenvalue weighted by atomic mass is 10.1. The highest BCUT2D eigenvalue weighted by atomic mass is 32.1. The van der Waals surface area contributed by atoms with E-state index < -0.39 is 6.03 Å². The normalized spacial score (nSPS) is 10.6. The van der Waals surface area contributed by atoms with Gasteiger partial charge in [0.25, 0.3) is 5.91 Å². The van der Waals surface area contributed by atoms with Crippen LogP contribution in [0.3, 0.4) is 0 Å². The van der Waals surface area contributed by atoms with Gasteiger partial charge in [-0.3, -0.25) is 4.79 Å². The number of methoxy groups -OCH3 is 1. The first-order valence-electron chi connectivity index (χ1n) is 9.11. The second-order valence-corrected chi connectivity index (χ2v) is 7.54. The van der Waals surface area contributed by atoms with Gasteiger partial charge in [0.2, 0.25) is 0 Å². The Hall–Kier alpha value is -3.17. The van der Waals surface area contributed by atoms with E-state index >= 15 is 0 Å². The number of carbonyl (C=O) groups excluding carboxylic acids is 2. The van der Waals surface area contributed by atoms with Crippen molar-refractivity contribution in [2.75, 3.05) is 30.8 Å². The summed E-state index contributed by atoms with van der Waals surface area (Å²) in [5.74, 6) is 0.137. The first-order valence-corrected chi connectivity index (χ1v) is 9.93. The number of benzene rings is 2. The van der Waals surface area contributed by atoms with E-state index in [0.29, 0.717) is 42.2 Å². The molecule has 1 aromatic heterocycles. The predicted octanol–water partition coefficient (Wildman–Crippen LogP) is 3.34. The zero-order valence-electron chi connectivity index (χ0n) is 16.2. The number of carbonyl (C=O) groups is 2. The van der Waals surface area contributed by atoms with Crippen molar-refractivity contribution in [2.24, 2.45) is 5.73 Å². The summed E-state index contributed by atoms with van der Waals surface area (Å²) in [5.41, 5.74) is 7.82. The monoisotopic (exact) mass is 413 g/mol. The molecule has 0 aliphatic carbocycles.